The van der Waals surface area contributed by atoms with Crippen molar-refractivity contribution in [2.45, 2.75) is 162 Å². The Morgan fingerprint density at radius 2 is 1.36 bits per heavy atom. The predicted molar refractivity (Wildman–Crippen MR) is 185 cm³/mol. The topological polar surface area (TPSA) is 54.0 Å². The minimum atomic E-state index is -2.05. The summed E-state index contributed by atoms with van der Waals surface area (Å²) in [5.41, 5.74) is -0.738. The molecule has 0 saturated heterocycles. The number of fused-ring (bicyclic) bond motifs is 5. The molecule has 9 heteroatoms. The van der Waals surface area contributed by atoms with Crippen molar-refractivity contribution >= 4 is 39.1 Å². The van der Waals surface area contributed by atoms with Crippen molar-refractivity contribution in [3.8, 4) is 0 Å². The van der Waals surface area contributed by atoms with E-state index in [1.54, 1.807) is 0 Å². The van der Waals surface area contributed by atoms with Crippen molar-refractivity contribution in [3.05, 3.63) is 0 Å². The van der Waals surface area contributed by atoms with Crippen molar-refractivity contribution in [2.75, 3.05) is 6.61 Å². The van der Waals surface area contributed by atoms with Crippen LogP contribution in [0.2, 0.25) is 78.6 Å². The normalized spacial score (nSPS) is 41.2. The lowest BCUT2D eigenvalue weighted by Gasteiger charge is -2.65. The third kappa shape index (κ3) is 7.18. The Bertz CT molecular complexity index is 994. The van der Waals surface area contributed by atoms with Gasteiger partial charge in [-0.3, -0.25) is 4.79 Å². The van der Waals surface area contributed by atoms with E-state index < -0.39 is 38.9 Å². The number of carbonyl (C=O) groups is 1. The highest BCUT2D eigenvalue weighted by atomic mass is 28.4. The van der Waals surface area contributed by atoms with Gasteiger partial charge in [0.25, 0.3) is 0 Å². The molecule has 5 nitrogen and oxygen atoms in total. The van der Waals surface area contributed by atoms with Crippen LogP contribution in [0, 0.1) is 34.5 Å². The molecule has 0 spiro atoms. The lowest BCUT2D eigenvalue weighted by molar-refractivity contribution is -0.195. The molecule has 0 amide bonds. The molecule has 4 fully saturated rings. The molecule has 0 bridgehead atoms. The Morgan fingerprint density at radius 3 is 1.90 bits per heavy atom. The van der Waals surface area contributed by atoms with Gasteiger partial charge in [-0.25, -0.2) is 0 Å². The van der Waals surface area contributed by atoms with Crippen LogP contribution in [0.3, 0.4) is 0 Å². The summed E-state index contributed by atoms with van der Waals surface area (Å²) in [6, 6.07) is 0. The smallest absolute Gasteiger partial charge is 0.188 e. The van der Waals surface area contributed by atoms with Gasteiger partial charge in [0.1, 0.15) is 5.60 Å². The fourth-order valence-electron chi connectivity index (χ4n) is 10.1. The van der Waals surface area contributed by atoms with E-state index in [1.807, 2.05) is 0 Å². The highest BCUT2D eigenvalue weighted by Gasteiger charge is 2.70. The van der Waals surface area contributed by atoms with Crippen LogP contribution >= 0.6 is 0 Å². The average Bonchev–Trinajstić information content (AvgIpc) is 3.06. The molecule has 9 atom stereocenters. The molecule has 244 valence electrons. The molecule has 0 aliphatic heterocycles. The van der Waals surface area contributed by atoms with Gasteiger partial charge in [0.15, 0.2) is 39.1 Å². The fourth-order valence-corrected chi connectivity index (χ4v) is 14.5. The maximum absolute atomic E-state index is 14.5. The van der Waals surface area contributed by atoms with Crippen LogP contribution < -0.4 is 0 Å². The van der Waals surface area contributed by atoms with Gasteiger partial charge in [-0.1, -0.05) is 13.8 Å². The van der Waals surface area contributed by atoms with Crippen molar-refractivity contribution in [2.24, 2.45) is 34.5 Å². The largest absolute Gasteiger partial charge is 0.415 e. The standard InChI is InChI=1S/C33H66O5Si4/c1-31-19-17-25(36-40(6,7)8)21-24(31)15-16-26-27-18-20-33(38-42(12,13)14,29(34)23-35-39(3,4)5)32(27,2)22-28(30(26)31)37-41(9,10)11/h24-28,30H,15-23H2,1-14H3/t24?,25?,26?,27?,28?,30?,31-,32-,33-/m0/s1. The lowest BCUT2D eigenvalue weighted by atomic mass is 9.43. The molecular weight excluding hydrogens is 589 g/mol. The number of ketones is 1. The molecule has 0 aromatic carbocycles. The van der Waals surface area contributed by atoms with Crippen molar-refractivity contribution in [1.82, 2.24) is 0 Å². The number of carbonyl (C=O) groups excluding carboxylic acids is 1. The Balaban J connectivity index is 1.73. The molecule has 0 N–H and O–H groups in total. The zero-order valence-electron chi connectivity index (χ0n) is 29.9. The summed E-state index contributed by atoms with van der Waals surface area (Å²) in [6.45, 7) is 32.6. The van der Waals surface area contributed by atoms with E-state index in [9.17, 15) is 4.79 Å². The highest BCUT2D eigenvalue weighted by Crippen LogP contribution is 2.70. The van der Waals surface area contributed by atoms with Crippen LogP contribution in [0.5, 0.6) is 0 Å². The maximum atomic E-state index is 14.5. The monoisotopic (exact) mass is 654 g/mol. The van der Waals surface area contributed by atoms with Gasteiger partial charge in [0.05, 0.1) is 6.61 Å². The van der Waals surface area contributed by atoms with E-state index in [-0.39, 0.29) is 29.3 Å². The van der Waals surface area contributed by atoms with Crippen LogP contribution in [0.25, 0.3) is 0 Å². The third-order valence-corrected chi connectivity index (χ3v) is 15.3. The zero-order valence-corrected chi connectivity index (χ0v) is 33.9. The minimum absolute atomic E-state index is 0.179. The molecule has 0 aromatic heterocycles. The van der Waals surface area contributed by atoms with Gasteiger partial charge in [0, 0.05) is 17.6 Å². The Morgan fingerprint density at radius 1 is 0.738 bits per heavy atom. The molecule has 0 aromatic rings. The number of hydrogen-bond acceptors (Lipinski definition) is 5. The van der Waals surface area contributed by atoms with E-state index in [4.69, 9.17) is 17.7 Å². The van der Waals surface area contributed by atoms with E-state index in [0.29, 0.717) is 29.8 Å². The number of hydrogen-bond donors (Lipinski definition) is 0. The first-order valence-electron chi connectivity index (χ1n) is 17.1. The van der Waals surface area contributed by atoms with Crippen molar-refractivity contribution < 1.29 is 22.5 Å². The van der Waals surface area contributed by atoms with Crippen molar-refractivity contribution in [1.29, 1.82) is 0 Å². The fraction of sp³-hybridized carbons (Fsp3) is 0.970. The Hall–Kier alpha value is 0.378. The molecule has 42 heavy (non-hydrogen) atoms. The summed E-state index contributed by atoms with van der Waals surface area (Å²) < 4.78 is 27.5. The van der Waals surface area contributed by atoms with Crippen LogP contribution in [0.15, 0.2) is 0 Å². The summed E-state index contributed by atoms with van der Waals surface area (Å²) >= 11 is 0. The van der Waals surface area contributed by atoms with Gasteiger partial charge < -0.3 is 17.7 Å². The second kappa shape index (κ2) is 11.6. The molecule has 0 radical (unpaired) electrons. The minimum Gasteiger partial charge on any atom is -0.415 e. The zero-order chi connectivity index (χ0) is 31.7. The van der Waals surface area contributed by atoms with E-state index >= 15 is 0 Å². The Labute approximate surface area is 263 Å². The molecular formula is C33H66O5Si4. The van der Waals surface area contributed by atoms with Crippen molar-refractivity contribution in [3.63, 3.8) is 0 Å². The quantitative estimate of drug-likeness (QED) is 0.220. The van der Waals surface area contributed by atoms with E-state index in [1.165, 1.54) is 32.1 Å². The van der Waals surface area contributed by atoms with Gasteiger partial charge in [-0.05, 0) is 159 Å². The third-order valence-electron chi connectivity index (χ3n) is 11.2. The lowest BCUT2D eigenvalue weighted by Crippen LogP contribution is -2.66. The molecule has 6 unspecified atom stereocenters. The molecule has 4 aliphatic rings. The van der Waals surface area contributed by atoms with E-state index in [0.717, 1.165) is 19.3 Å². The molecule has 4 saturated carbocycles. The highest BCUT2D eigenvalue weighted by molar-refractivity contribution is 6.71. The number of rotatable bonds is 10. The predicted octanol–water partition coefficient (Wildman–Crippen LogP) is 9.09. The summed E-state index contributed by atoms with van der Waals surface area (Å²) in [5, 5.41) is 0. The van der Waals surface area contributed by atoms with E-state index in [2.05, 4.69) is 92.4 Å². The SMILES string of the molecule is C[C@]12CCC(O[Si](C)(C)C)CC1CCC1C2C(O[Si](C)(C)C)C[C@@]2(C)C1CC[C@]2(O[Si](C)(C)C)C(=O)CO[Si](C)(C)C. The summed E-state index contributed by atoms with van der Waals surface area (Å²) in [5.74, 6) is 2.52. The first-order valence-corrected chi connectivity index (χ1v) is 30.8. The summed E-state index contributed by atoms with van der Waals surface area (Å²) in [7, 11) is -7.31. The van der Waals surface area contributed by atoms with Crippen LogP contribution in [-0.4, -0.2) is 63.5 Å². The summed E-state index contributed by atoms with van der Waals surface area (Å²) in [4.78, 5) is 14.5. The maximum Gasteiger partial charge on any atom is 0.188 e. The molecule has 4 rings (SSSR count). The van der Waals surface area contributed by atoms with Crippen LogP contribution in [-0.2, 0) is 22.5 Å². The first-order chi connectivity index (χ1) is 18.9. The van der Waals surface area contributed by atoms with Crippen LogP contribution in [0.1, 0.15) is 65.2 Å². The van der Waals surface area contributed by atoms with Gasteiger partial charge in [-0.2, -0.15) is 0 Å². The van der Waals surface area contributed by atoms with Crippen LogP contribution in [0.4, 0.5) is 0 Å². The average molecular weight is 655 g/mol. The number of Topliss-reactive ketones (excluding diaryl/α,β-unsaturated/α-hetero) is 1. The summed E-state index contributed by atoms with van der Waals surface area (Å²) in [6.07, 6.45) is 9.61. The molecule has 4 aliphatic carbocycles. The van der Waals surface area contributed by atoms with Gasteiger partial charge in [-0.15, -0.1) is 0 Å². The Kier molecular flexibility index (Phi) is 9.70. The van der Waals surface area contributed by atoms with Gasteiger partial charge >= 0.3 is 0 Å². The van der Waals surface area contributed by atoms with Gasteiger partial charge in [0.2, 0.25) is 0 Å². The molecule has 0 heterocycles. The first kappa shape index (κ1) is 35.2. The second-order valence-corrected chi connectivity index (χ2v) is 36.9. The second-order valence-electron chi connectivity index (χ2n) is 19.0.